The maximum atomic E-state index is 13.0. The third-order valence-electron chi connectivity index (χ3n) is 6.26. The lowest BCUT2D eigenvalue weighted by atomic mass is 10.0. The number of para-hydroxylation sites is 2. The number of amides is 1. The van der Waals surface area contributed by atoms with E-state index in [0.29, 0.717) is 12.1 Å². The van der Waals surface area contributed by atoms with Gasteiger partial charge >= 0.3 is 5.69 Å². The molecular weight excluding hydrogens is 354 g/mol. The van der Waals surface area contributed by atoms with Crippen LogP contribution >= 0.6 is 0 Å². The Morgan fingerprint density at radius 1 is 1.11 bits per heavy atom. The lowest BCUT2D eigenvalue weighted by Gasteiger charge is -2.41. The molecule has 2 aliphatic rings. The summed E-state index contributed by atoms with van der Waals surface area (Å²) in [4.78, 5) is 32.7. The van der Waals surface area contributed by atoms with Crippen LogP contribution in [0.2, 0.25) is 0 Å². The van der Waals surface area contributed by atoms with E-state index in [4.69, 9.17) is 0 Å². The number of aromatic nitrogens is 2. The number of likely N-dealkylation sites (tertiary alicyclic amines) is 1. The number of carbonyl (C=O) groups is 1. The van der Waals surface area contributed by atoms with Crippen LogP contribution in [0.15, 0.2) is 29.1 Å². The van der Waals surface area contributed by atoms with Crippen LogP contribution in [0.4, 0.5) is 0 Å². The highest BCUT2D eigenvalue weighted by atomic mass is 16.2. The number of aromatic amines is 1. The molecule has 0 saturated carbocycles. The zero-order valence-electron chi connectivity index (χ0n) is 17.0. The molecule has 7 nitrogen and oxygen atoms in total. The minimum Gasteiger partial charge on any atom is -0.338 e. The molecule has 1 amide bonds. The number of H-pyrrole nitrogens is 1. The van der Waals surface area contributed by atoms with Crippen molar-refractivity contribution in [3.05, 3.63) is 34.7 Å². The molecule has 0 spiro atoms. The predicted octanol–water partition coefficient (Wildman–Crippen LogP) is 1.56. The number of piperazine rings is 1. The maximum Gasteiger partial charge on any atom is 0.326 e. The molecule has 3 heterocycles. The van der Waals surface area contributed by atoms with Gasteiger partial charge in [-0.1, -0.05) is 12.1 Å². The second kappa shape index (κ2) is 7.72. The Morgan fingerprint density at radius 2 is 1.75 bits per heavy atom. The van der Waals surface area contributed by atoms with Crippen molar-refractivity contribution in [3.63, 3.8) is 0 Å². The number of rotatable bonds is 3. The van der Waals surface area contributed by atoms with Crippen LogP contribution in [0.25, 0.3) is 11.0 Å². The topological polar surface area (TPSA) is 73.4 Å². The van der Waals surface area contributed by atoms with Gasteiger partial charge in [-0.2, -0.15) is 0 Å². The minimum atomic E-state index is -0.113. The van der Waals surface area contributed by atoms with Gasteiger partial charge in [-0.05, 0) is 45.7 Å². The Morgan fingerprint density at radius 3 is 2.43 bits per heavy atom. The highest BCUT2D eigenvalue weighted by Gasteiger charge is 2.33. The molecule has 2 N–H and O–H groups in total. The monoisotopic (exact) mass is 385 g/mol. The summed E-state index contributed by atoms with van der Waals surface area (Å²) in [7, 11) is 0. The van der Waals surface area contributed by atoms with Gasteiger partial charge in [0, 0.05) is 44.3 Å². The van der Waals surface area contributed by atoms with Crippen molar-refractivity contribution in [3.8, 4) is 0 Å². The Kier molecular flexibility index (Phi) is 5.29. The standard InChI is InChI=1S/C21H31N5O2/c1-14-12-25(13-15(2)22-14)20(27)16(3)24-10-8-17(9-11-24)26-19-7-5-4-6-18(19)23-21(26)28/h4-7,14-17,22H,8-13H2,1-3H3,(H,23,28)/t14-,15+,16-/m0/s1. The Bertz CT molecular complexity index is 886. The lowest BCUT2D eigenvalue weighted by Crippen LogP contribution is -2.59. The highest BCUT2D eigenvalue weighted by Crippen LogP contribution is 2.26. The van der Waals surface area contributed by atoms with Crippen molar-refractivity contribution in [1.29, 1.82) is 0 Å². The van der Waals surface area contributed by atoms with Gasteiger partial charge in [0.25, 0.3) is 0 Å². The number of nitrogens with one attached hydrogen (secondary N) is 2. The summed E-state index contributed by atoms with van der Waals surface area (Å²) < 4.78 is 1.90. The normalized spacial score (nSPS) is 25.9. The Balaban J connectivity index is 1.41. The van der Waals surface area contributed by atoms with Crippen LogP contribution in [0.1, 0.15) is 39.7 Å². The molecule has 2 fully saturated rings. The summed E-state index contributed by atoms with van der Waals surface area (Å²) in [5, 5.41) is 3.48. The summed E-state index contributed by atoms with van der Waals surface area (Å²) in [6, 6.07) is 8.59. The van der Waals surface area contributed by atoms with Crippen LogP contribution in [0.3, 0.4) is 0 Å². The third-order valence-corrected chi connectivity index (χ3v) is 6.26. The molecule has 3 atom stereocenters. The molecule has 0 unspecified atom stereocenters. The number of fused-ring (bicyclic) bond motifs is 1. The first-order valence-electron chi connectivity index (χ1n) is 10.4. The summed E-state index contributed by atoms with van der Waals surface area (Å²) in [5.74, 6) is 0.225. The Labute approximate surface area is 165 Å². The molecule has 1 aromatic heterocycles. The Hall–Kier alpha value is -2.12. The number of hydrogen-bond donors (Lipinski definition) is 2. The fourth-order valence-corrected chi connectivity index (χ4v) is 4.90. The van der Waals surface area contributed by atoms with Crippen LogP contribution in [-0.4, -0.2) is 69.6 Å². The van der Waals surface area contributed by atoms with Gasteiger partial charge in [0.1, 0.15) is 0 Å². The molecule has 28 heavy (non-hydrogen) atoms. The largest absolute Gasteiger partial charge is 0.338 e. The lowest BCUT2D eigenvalue weighted by molar-refractivity contribution is -0.138. The zero-order chi connectivity index (χ0) is 19.8. The molecule has 0 bridgehead atoms. The second-order valence-electron chi connectivity index (χ2n) is 8.47. The van der Waals surface area contributed by atoms with Crippen LogP contribution in [0, 0.1) is 0 Å². The summed E-state index contributed by atoms with van der Waals surface area (Å²) in [6.45, 7) is 9.50. The van der Waals surface area contributed by atoms with Crippen LogP contribution in [0.5, 0.6) is 0 Å². The highest BCUT2D eigenvalue weighted by molar-refractivity contribution is 5.81. The number of piperidine rings is 1. The first kappa shape index (κ1) is 19.2. The SMILES string of the molecule is C[C@@H]1CN(C(=O)[C@H](C)N2CCC(n3c(=O)[nH]c4ccccc43)CC2)C[C@H](C)N1. The van der Waals surface area contributed by atoms with Gasteiger partial charge < -0.3 is 15.2 Å². The van der Waals surface area contributed by atoms with E-state index >= 15 is 0 Å². The first-order valence-corrected chi connectivity index (χ1v) is 10.4. The van der Waals surface area contributed by atoms with Crippen molar-refractivity contribution in [2.45, 2.75) is 57.8 Å². The number of benzene rings is 1. The molecule has 7 heteroatoms. The fourth-order valence-electron chi connectivity index (χ4n) is 4.90. The van der Waals surface area contributed by atoms with Gasteiger partial charge in [-0.15, -0.1) is 0 Å². The van der Waals surface area contributed by atoms with Gasteiger partial charge in [0.05, 0.1) is 17.1 Å². The second-order valence-corrected chi connectivity index (χ2v) is 8.47. The summed E-state index contributed by atoms with van der Waals surface area (Å²) >= 11 is 0. The van der Waals surface area contributed by atoms with E-state index in [-0.39, 0.29) is 23.7 Å². The number of carbonyl (C=O) groups excluding carboxylic acids is 1. The van der Waals surface area contributed by atoms with E-state index in [9.17, 15) is 9.59 Å². The van der Waals surface area contributed by atoms with E-state index < -0.39 is 0 Å². The molecule has 2 aromatic rings. The van der Waals surface area contributed by atoms with Crippen molar-refractivity contribution < 1.29 is 4.79 Å². The van der Waals surface area contributed by atoms with Gasteiger partial charge in [-0.3, -0.25) is 14.3 Å². The molecule has 2 saturated heterocycles. The molecular formula is C21H31N5O2. The van der Waals surface area contributed by atoms with Crippen LogP contribution < -0.4 is 11.0 Å². The van der Waals surface area contributed by atoms with Crippen LogP contribution in [-0.2, 0) is 4.79 Å². The first-order chi connectivity index (χ1) is 13.4. The minimum absolute atomic E-state index is 0.0347. The zero-order valence-corrected chi connectivity index (χ0v) is 17.0. The quantitative estimate of drug-likeness (QED) is 0.841. The molecule has 1 aromatic carbocycles. The van der Waals surface area contributed by atoms with E-state index in [2.05, 4.69) is 29.0 Å². The number of nitrogens with zero attached hydrogens (tertiary/aromatic N) is 3. The molecule has 4 rings (SSSR count). The van der Waals surface area contributed by atoms with E-state index in [1.165, 1.54) is 0 Å². The van der Waals surface area contributed by atoms with Crippen molar-refractivity contribution in [1.82, 2.24) is 24.7 Å². The van der Waals surface area contributed by atoms with Gasteiger partial charge in [0.15, 0.2) is 0 Å². The molecule has 0 aliphatic carbocycles. The third kappa shape index (κ3) is 3.61. The van der Waals surface area contributed by atoms with E-state index in [1.807, 2.05) is 40.7 Å². The fraction of sp³-hybridized carbons (Fsp3) is 0.619. The average Bonchev–Trinajstić information content (AvgIpc) is 3.02. The predicted molar refractivity (Wildman–Crippen MR) is 111 cm³/mol. The van der Waals surface area contributed by atoms with Crippen molar-refractivity contribution in [2.75, 3.05) is 26.2 Å². The van der Waals surface area contributed by atoms with Gasteiger partial charge in [0.2, 0.25) is 5.91 Å². The summed E-state index contributed by atoms with van der Waals surface area (Å²) in [6.07, 6.45) is 1.77. The van der Waals surface area contributed by atoms with E-state index in [1.54, 1.807) is 0 Å². The average molecular weight is 386 g/mol. The number of imidazole rings is 1. The maximum absolute atomic E-state index is 13.0. The van der Waals surface area contributed by atoms with Crippen molar-refractivity contribution in [2.24, 2.45) is 0 Å². The van der Waals surface area contributed by atoms with Crippen molar-refractivity contribution >= 4 is 16.9 Å². The van der Waals surface area contributed by atoms with E-state index in [0.717, 1.165) is 50.1 Å². The number of hydrogen-bond acceptors (Lipinski definition) is 4. The molecule has 2 aliphatic heterocycles. The summed E-state index contributed by atoms with van der Waals surface area (Å²) in [5.41, 5.74) is 1.83. The van der Waals surface area contributed by atoms with Gasteiger partial charge in [-0.25, -0.2) is 4.79 Å². The smallest absolute Gasteiger partial charge is 0.326 e. The molecule has 0 radical (unpaired) electrons. The molecule has 152 valence electrons.